The Bertz CT molecular complexity index is 346. The van der Waals surface area contributed by atoms with Crippen LogP contribution in [-0.4, -0.2) is 47.5 Å². The van der Waals surface area contributed by atoms with Gasteiger partial charge in [0.15, 0.2) is 0 Å². The SMILES string of the molecule is NC(=O)CCCCNC(=O)N1CCCC(C(=O)O)C1. The number of nitrogens with one attached hydrogen (secondary N) is 1. The van der Waals surface area contributed by atoms with Crippen molar-refractivity contribution in [1.29, 1.82) is 0 Å². The summed E-state index contributed by atoms with van der Waals surface area (Å²) in [4.78, 5) is 34.7. The highest BCUT2D eigenvalue weighted by Crippen LogP contribution is 2.16. The molecule has 1 aliphatic heterocycles. The lowest BCUT2D eigenvalue weighted by Crippen LogP contribution is -2.47. The molecule has 0 aromatic heterocycles. The topological polar surface area (TPSA) is 113 Å². The van der Waals surface area contributed by atoms with Gasteiger partial charge in [-0.25, -0.2) is 4.79 Å². The molecule has 1 atom stereocenters. The van der Waals surface area contributed by atoms with E-state index in [2.05, 4.69) is 5.32 Å². The van der Waals surface area contributed by atoms with Crippen molar-refractivity contribution in [3.63, 3.8) is 0 Å². The highest BCUT2D eigenvalue weighted by Gasteiger charge is 2.27. The molecule has 1 unspecified atom stereocenters. The molecule has 3 amide bonds. The summed E-state index contributed by atoms with van der Waals surface area (Å²) in [6.07, 6.45) is 2.99. The summed E-state index contributed by atoms with van der Waals surface area (Å²) in [5.41, 5.74) is 5.00. The van der Waals surface area contributed by atoms with Crippen molar-refractivity contribution in [2.45, 2.75) is 32.1 Å². The van der Waals surface area contributed by atoms with Crippen molar-refractivity contribution in [3.05, 3.63) is 0 Å². The molecular weight excluding hydrogens is 250 g/mol. The number of nitrogens with two attached hydrogens (primary N) is 1. The van der Waals surface area contributed by atoms with Gasteiger partial charge in [-0.1, -0.05) is 0 Å². The number of hydrogen-bond acceptors (Lipinski definition) is 3. The number of piperidine rings is 1. The predicted molar refractivity (Wildman–Crippen MR) is 68.4 cm³/mol. The molecule has 1 heterocycles. The summed E-state index contributed by atoms with van der Waals surface area (Å²) in [7, 11) is 0. The Labute approximate surface area is 112 Å². The van der Waals surface area contributed by atoms with E-state index in [0.717, 1.165) is 0 Å². The van der Waals surface area contributed by atoms with Crippen LogP contribution in [0.25, 0.3) is 0 Å². The lowest BCUT2D eigenvalue weighted by Gasteiger charge is -2.30. The Morgan fingerprint density at radius 2 is 2.05 bits per heavy atom. The molecule has 0 aliphatic carbocycles. The second kappa shape index (κ2) is 7.60. The third-order valence-corrected chi connectivity index (χ3v) is 3.18. The van der Waals surface area contributed by atoms with E-state index in [4.69, 9.17) is 10.8 Å². The number of urea groups is 1. The third-order valence-electron chi connectivity index (χ3n) is 3.18. The Morgan fingerprint density at radius 3 is 2.68 bits per heavy atom. The number of primary amides is 1. The third kappa shape index (κ3) is 5.58. The van der Waals surface area contributed by atoms with E-state index in [-0.39, 0.29) is 18.5 Å². The molecular formula is C12H21N3O4. The second-order valence-electron chi connectivity index (χ2n) is 4.78. The number of hydrogen-bond donors (Lipinski definition) is 3. The first-order valence-electron chi connectivity index (χ1n) is 6.54. The number of aliphatic carboxylic acids is 1. The van der Waals surface area contributed by atoms with Crippen LogP contribution in [0.1, 0.15) is 32.1 Å². The first-order chi connectivity index (χ1) is 9.00. The van der Waals surface area contributed by atoms with Gasteiger partial charge in [-0.3, -0.25) is 9.59 Å². The number of likely N-dealkylation sites (tertiary alicyclic amines) is 1. The van der Waals surface area contributed by atoms with Gasteiger partial charge in [0.05, 0.1) is 5.92 Å². The standard InChI is InChI=1S/C12H21N3O4/c13-10(16)5-1-2-6-14-12(19)15-7-3-4-9(8-15)11(17)18/h9H,1-8H2,(H2,13,16)(H,14,19)(H,17,18). The largest absolute Gasteiger partial charge is 0.481 e. The molecule has 0 radical (unpaired) electrons. The van der Waals surface area contributed by atoms with Crippen LogP contribution in [0.4, 0.5) is 4.79 Å². The number of carbonyl (C=O) groups excluding carboxylic acids is 2. The molecule has 7 heteroatoms. The van der Waals surface area contributed by atoms with Gasteiger partial charge in [-0.15, -0.1) is 0 Å². The molecule has 108 valence electrons. The van der Waals surface area contributed by atoms with E-state index in [1.165, 1.54) is 4.90 Å². The highest BCUT2D eigenvalue weighted by atomic mass is 16.4. The zero-order chi connectivity index (χ0) is 14.3. The van der Waals surface area contributed by atoms with Gasteiger partial charge in [0, 0.05) is 26.1 Å². The number of carboxylic acids is 1. The molecule has 1 fully saturated rings. The van der Waals surface area contributed by atoms with Crippen LogP contribution in [0.2, 0.25) is 0 Å². The van der Waals surface area contributed by atoms with E-state index >= 15 is 0 Å². The molecule has 0 bridgehead atoms. The summed E-state index contributed by atoms with van der Waals surface area (Å²) in [5.74, 6) is -1.65. The summed E-state index contributed by atoms with van der Waals surface area (Å²) in [6.45, 7) is 1.33. The van der Waals surface area contributed by atoms with Crippen LogP contribution in [0, 0.1) is 5.92 Å². The average molecular weight is 271 g/mol. The van der Waals surface area contributed by atoms with Crippen LogP contribution < -0.4 is 11.1 Å². The molecule has 0 aromatic carbocycles. The van der Waals surface area contributed by atoms with Gasteiger partial charge >= 0.3 is 12.0 Å². The Hall–Kier alpha value is -1.79. The monoisotopic (exact) mass is 271 g/mol. The maximum absolute atomic E-state index is 11.8. The molecule has 19 heavy (non-hydrogen) atoms. The smallest absolute Gasteiger partial charge is 0.317 e. The Balaban J connectivity index is 2.21. The van der Waals surface area contributed by atoms with Crippen molar-refractivity contribution in [2.75, 3.05) is 19.6 Å². The summed E-state index contributed by atoms with van der Waals surface area (Å²) >= 11 is 0. The molecule has 1 aliphatic rings. The zero-order valence-electron chi connectivity index (χ0n) is 10.9. The number of carboxylic acid groups (broad SMARTS) is 1. The number of nitrogens with zero attached hydrogens (tertiary/aromatic N) is 1. The number of amides is 3. The molecule has 0 aromatic rings. The van der Waals surface area contributed by atoms with E-state index in [0.29, 0.717) is 45.2 Å². The molecule has 4 N–H and O–H groups in total. The van der Waals surface area contributed by atoms with E-state index in [9.17, 15) is 14.4 Å². The molecule has 1 rings (SSSR count). The van der Waals surface area contributed by atoms with E-state index in [1.54, 1.807) is 0 Å². The van der Waals surface area contributed by atoms with E-state index < -0.39 is 11.9 Å². The fourth-order valence-corrected chi connectivity index (χ4v) is 2.09. The second-order valence-corrected chi connectivity index (χ2v) is 4.78. The van der Waals surface area contributed by atoms with Crippen molar-refractivity contribution in [2.24, 2.45) is 11.7 Å². The molecule has 0 saturated carbocycles. The maximum atomic E-state index is 11.8. The first-order valence-corrected chi connectivity index (χ1v) is 6.54. The zero-order valence-corrected chi connectivity index (χ0v) is 10.9. The van der Waals surface area contributed by atoms with Crippen LogP contribution in [-0.2, 0) is 9.59 Å². The van der Waals surface area contributed by atoms with Crippen LogP contribution in [0.15, 0.2) is 0 Å². The van der Waals surface area contributed by atoms with Crippen LogP contribution >= 0.6 is 0 Å². The summed E-state index contributed by atoms with van der Waals surface area (Å²) in [5, 5.41) is 11.7. The van der Waals surface area contributed by atoms with Crippen LogP contribution in [0.3, 0.4) is 0 Å². The first kappa shape index (κ1) is 15.3. The number of carbonyl (C=O) groups is 3. The summed E-state index contributed by atoms with van der Waals surface area (Å²) < 4.78 is 0. The number of rotatable bonds is 6. The number of unbranched alkanes of at least 4 members (excludes halogenated alkanes) is 1. The minimum Gasteiger partial charge on any atom is -0.481 e. The normalized spacial score (nSPS) is 18.9. The van der Waals surface area contributed by atoms with E-state index in [1.807, 2.05) is 0 Å². The fourth-order valence-electron chi connectivity index (χ4n) is 2.09. The van der Waals surface area contributed by atoms with Gasteiger partial charge < -0.3 is 21.1 Å². The van der Waals surface area contributed by atoms with Gasteiger partial charge in [-0.2, -0.15) is 0 Å². The van der Waals surface area contributed by atoms with Gasteiger partial charge in [0.1, 0.15) is 0 Å². The van der Waals surface area contributed by atoms with Crippen molar-refractivity contribution < 1.29 is 19.5 Å². The molecule has 1 saturated heterocycles. The van der Waals surface area contributed by atoms with Crippen molar-refractivity contribution in [1.82, 2.24) is 10.2 Å². The van der Waals surface area contributed by atoms with Gasteiger partial charge in [0.25, 0.3) is 0 Å². The van der Waals surface area contributed by atoms with Gasteiger partial charge in [0.2, 0.25) is 5.91 Å². The molecule has 7 nitrogen and oxygen atoms in total. The lowest BCUT2D eigenvalue weighted by molar-refractivity contribution is -0.143. The van der Waals surface area contributed by atoms with Crippen LogP contribution in [0.5, 0.6) is 0 Å². The Kier molecular flexibility index (Phi) is 6.11. The van der Waals surface area contributed by atoms with Crippen molar-refractivity contribution >= 4 is 17.9 Å². The van der Waals surface area contributed by atoms with Gasteiger partial charge in [-0.05, 0) is 25.7 Å². The highest BCUT2D eigenvalue weighted by molar-refractivity contribution is 5.76. The lowest BCUT2D eigenvalue weighted by atomic mass is 9.99. The Morgan fingerprint density at radius 1 is 1.32 bits per heavy atom. The minimum absolute atomic E-state index is 0.231. The fraction of sp³-hybridized carbons (Fsp3) is 0.750. The quantitative estimate of drug-likeness (QED) is 0.597. The predicted octanol–water partition coefficient (Wildman–Crippen LogP) is 0.148. The molecule has 0 spiro atoms. The van der Waals surface area contributed by atoms with Crippen molar-refractivity contribution in [3.8, 4) is 0 Å². The average Bonchev–Trinajstić information content (AvgIpc) is 2.37. The summed E-state index contributed by atoms with van der Waals surface area (Å²) in [6, 6.07) is -0.231. The minimum atomic E-state index is -0.848. The maximum Gasteiger partial charge on any atom is 0.317 e.